The molecule has 1 N–H and O–H groups in total. The van der Waals surface area contributed by atoms with Gasteiger partial charge in [-0.1, -0.05) is 19.1 Å². The van der Waals surface area contributed by atoms with E-state index in [4.69, 9.17) is 0 Å². The van der Waals surface area contributed by atoms with Gasteiger partial charge in [-0.05, 0) is 31.6 Å². The Morgan fingerprint density at radius 1 is 1.35 bits per heavy atom. The predicted molar refractivity (Wildman–Crippen MR) is 69.2 cm³/mol. The van der Waals surface area contributed by atoms with Crippen LogP contribution in [-0.4, -0.2) is 22.6 Å². The van der Waals surface area contributed by atoms with Crippen LogP contribution in [0.25, 0.3) is 11.0 Å². The Morgan fingerprint density at radius 3 is 3.00 bits per heavy atom. The van der Waals surface area contributed by atoms with Crippen molar-refractivity contribution < 1.29 is 0 Å². The molecular formula is C13H17N3O. The van der Waals surface area contributed by atoms with Gasteiger partial charge in [-0.2, -0.15) is 0 Å². The summed E-state index contributed by atoms with van der Waals surface area (Å²) in [5.74, 6) is 0. The fourth-order valence-electron chi connectivity index (χ4n) is 1.88. The third-order valence-electron chi connectivity index (χ3n) is 2.74. The highest BCUT2D eigenvalue weighted by Gasteiger charge is 2.02. The van der Waals surface area contributed by atoms with Crippen molar-refractivity contribution in [3.63, 3.8) is 0 Å². The maximum atomic E-state index is 11.8. The lowest BCUT2D eigenvalue weighted by molar-refractivity contribution is 0.591. The van der Waals surface area contributed by atoms with Gasteiger partial charge in [0.1, 0.15) is 0 Å². The zero-order valence-electron chi connectivity index (χ0n) is 10.0. The second-order valence-corrected chi connectivity index (χ2v) is 3.94. The molecule has 0 amide bonds. The number of rotatable bonds is 5. The minimum atomic E-state index is -0.0276. The Bertz CT molecular complexity index is 548. The molecule has 4 heteroatoms. The number of para-hydroxylation sites is 2. The largest absolute Gasteiger partial charge is 0.317 e. The van der Waals surface area contributed by atoms with E-state index in [0.29, 0.717) is 0 Å². The molecule has 0 unspecified atom stereocenters. The number of hydrogen-bond donors (Lipinski definition) is 1. The van der Waals surface area contributed by atoms with Crippen LogP contribution in [0.2, 0.25) is 0 Å². The zero-order valence-corrected chi connectivity index (χ0v) is 10.0. The van der Waals surface area contributed by atoms with Gasteiger partial charge in [-0.25, -0.2) is 4.98 Å². The molecule has 1 aromatic carbocycles. The van der Waals surface area contributed by atoms with E-state index in [1.54, 1.807) is 4.57 Å². The standard InChI is InChI=1S/C13H17N3O/c1-2-14-8-5-9-16-12-7-4-3-6-11(12)15-10-13(16)17/h3-4,6-7,10,14H,2,5,8-9H2,1H3. The number of benzene rings is 1. The van der Waals surface area contributed by atoms with E-state index in [2.05, 4.69) is 17.2 Å². The molecule has 90 valence electrons. The quantitative estimate of drug-likeness (QED) is 0.791. The van der Waals surface area contributed by atoms with Crippen molar-refractivity contribution in [2.45, 2.75) is 19.9 Å². The molecule has 1 heterocycles. The lowest BCUT2D eigenvalue weighted by atomic mass is 10.3. The van der Waals surface area contributed by atoms with Crippen LogP contribution >= 0.6 is 0 Å². The van der Waals surface area contributed by atoms with E-state index in [1.165, 1.54) is 6.20 Å². The second kappa shape index (κ2) is 5.59. The molecule has 0 aliphatic heterocycles. The average Bonchev–Trinajstić information content (AvgIpc) is 2.37. The van der Waals surface area contributed by atoms with Gasteiger partial charge in [0.25, 0.3) is 5.56 Å². The van der Waals surface area contributed by atoms with Crippen LogP contribution in [0.5, 0.6) is 0 Å². The lowest BCUT2D eigenvalue weighted by Crippen LogP contribution is -2.23. The molecule has 0 spiro atoms. The monoisotopic (exact) mass is 231 g/mol. The summed E-state index contributed by atoms with van der Waals surface area (Å²) in [6.45, 7) is 4.70. The normalized spacial score (nSPS) is 10.9. The minimum Gasteiger partial charge on any atom is -0.317 e. The maximum absolute atomic E-state index is 11.8. The summed E-state index contributed by atoms with van der Waals surface area (Å²) in [5.41, 5.74) is 1.76. The van der Waals surface area contributed by atoms with Gasteiger partial charge >= 0.3 is 0 Å². The highest BCUT2D eigenvalue weighted by atomic mass is 16.1. The van der Waals surface area contributed by atoms with Crippen molar-refractivity contribution in [1.82, 2.24) is 14.9 Å². The summed E-state index contributed by atoms with van der Waals surface area (Å²) in [6, 6.07) is 7.74. The summed E-state index contributed by atoms with van der Waals surface area (Å²) in [4.78, 5) is 15.9. The summed E-state index contributed by atoms with van der Waals surface area (Å²) in [7, 11) is 0. The van der Waals surface area contributed by atoms with Gasteiger partial charge in [0.05, 0.1) is 17.2 Å². The second-order valence-electron chi connectivity index (χ2n) is 3.94. The smallest absolute Gasteiger partial charge is 0.269 e. The van der Waals surface area contributed by atoms with Gasteiger partial charge in [0.2, 0.25) is 0 Å². The van der Waals surface area contributed by atoms with Gasteiger partial charge < -0.3 is 9.88 Å². The molecule has 0 atom stereocenters. The number of hydrogen-bond acceptors (Lipinski definition) is 3. The van der Waals surface area contributed by atoms with Crippen molar-refractivity contribution >= 4 is 11.0 Å². The Morgan fingerprint density at radius 2 is 2.18 bits per heavy atom. The molecule has 2 aromatic rings. The van der Waals surface area contributed by atoms with Gasteiger partial charge in [-0.15, -0.1) is 0 Å². The Kier molecular flexibility index (Phi) is 3.88. The SMILES string of the molecule is CCNCCCn1c(=O)cnc2ccccc21. The van der Waals surface area contributed by atoms with Gasteiger partial charge in [0, 0.05) is 6.54 Å². The van der Waals surface area contributed by atoms with Crippen molar-refractivity contribution in [3.05, 3.63) is 40.8 Å². The molecule has 0 bridgehead atoms. The van der Waals surface area contributed by atoms with E-state index in [-0.39, 0.29) is 5.56 Å². The van der Waals surface area contributed by atoms with E-state index in [0.717, 1.165) is 37.1 Å². The molecule has 1 aromatic heterocycles. The number of aromatic nitrogens is 2. The molecular weight excluding hydrogens is 214 g/mol. The molecule has 0 aliphatic rings. The molecule has 2 rings (SSSR count). The van der Waals surface area contributed by atoms with Crippen molar-refractivity contribution in [2.24, 2.45) is 0 Å². The molecule has 0 fully saturated rings. The summed E-state index contributed by atoms with van der Waals surface area (Å²) < 4.78 is 1.79. The first kappa shape index (κ1) is 11.8. The Labute approximate surface area is 100 Å². The predicted octanol–water partition coefficient (Wildman–Crippen LogP) is 1.40. The minimum absolute atomic E-state index is 0.0276. The molecule has 0 radical (unpaired) electrons. The van der Waals surface area contributed by atoms with Crippen molar-refractivity contribution in [2.75, 3.05) is 13.1 Å². The van der Waals surface area contributed by atoms with E-state index < -0.39 is 0 Å². The van der Waals surface area contributed by atoms with Crippen LogP contribution in [0.15, 0.2) is 35.3 Å². The average molecular weight is 231 g/mol. The van der Waals surface area contributed by atoms with E-state index in [9.17, 15) is 4.79 Å². The van der Waals surface area contributed by atoms with Crippen molar-refractivity contribution in [3.8, 4) is 0 Å². The zero-order chi connectivity index (χ0) is 12.1. The topological polar surface area (TPSA) is 46.9 Å². The number of nitrogens with one attached hydrogen (secondary N) is 1. The van der Waals surface area contributed by atoms with E-state index in [1.807, 2.05) is 24.3 Å². The number of aryl methyl sites for hydroxylation is 1. The lowest BCUT2D eigenvalue weighted by Gasteiger charge is -2.09. The fraction of sp³-hybridized carbons (Fsp3) is 0.385. The summed E-state index contributed by atoms with van der Waals surface area (Å²) >= 11 is 0. The highest BCUT2D eigenvalue weighted by molar-refractivity contribution is 5.74. The molecule has 0 saturated carbocycles. The van der Waals surface area contributed by atoms with Crippen LogP contribution in [0, 0.1) is 0 Å². The Balaban J connectivity index is 2.25. The fourth-order valence-corrected chi connectivity index (χ4v) is 1.88. The first-order chi connectivity index (χ1) is 8.33. The highest BCUT2D eigenvalue weighted by Crippen LogP contribution is 2.08. The molecule has 17 heavy (non-hydrogen) atoms. The van der Waals surface area contributed by atoms with E-state index >= 15 is 0 Å². The first-order valence-electron chi connectivity index (χ1n) is 5.98. The van der Waals surface area contributed by atoms with Gasteiger partial charge in [-0.3, -0.25) is 4.79 Å². The van der Waals surface area contributed by atoms with Crippen LogP contribution in [-0.2, 0) is 6.54 Å². The number of fused-ring (bicyclic) bond motifs is 1. The van der Waals surface area contributed by atoms with Gasteiger partial charge in [0.15, 0.2) is 0 Å². The maximum Gasteiger partial charge on any atom is 0.269 e. The summed E-state index contributed by atoms with van der Waals surface area (Å²) in [6.07, 6.45) is 2.34. The first-order valence-corrected chi connectivity index (χ1v) is 5.98. The third-order valence-corrected chi connectivity index (χ3v) is 2.74. The number of nitrogens with zero attached hydrogens (tertiary/aromatic N) is 2. The van der Waals surface area contributed by atoms with Crippen molar-refractivity contribution in [1.29, 1.82) is 0 Å². The van der Waals surface area contributed by atoms with Crippen LogP contribution in [0.4, 0.5) is 0 Å². The van der Waals surface area contributed by atoms with Crippen LogP contribution in [0.1, 0.15) is 13.3 Å². The Hall–Kier alpha value is -1.68. The third kappa shape index (κ3) is 2.71. The molecule has 0 saturated heterocycles. The van der Waals surface area contributed by atoms with Crippen LogP contribution in [0.3, 0.4) is 0 Å². The summed E-state index contributed by atoms with van der Waals surface area (Å²) in [5, 5.41) is 3.26. The molecule has 0 aliphatic carbocycles. The van der Waals surface area contributed by atoms with Crippen LogP contribution < -0.4 is 10.9 Å². The molecule has 4 nitrogen and oxygen atoms in total.